The second-order valence-corrected chi connectivity index (χ2v) is 16.5. The molecule has 8 heteroatoms. The molecule has 62 heavy (non-hydrogen) atoms. The van der Waals surface area contributed by atoms with Crippen LogP contribution in [0.25, 0.3) is 123 Å². The van der Waals surface area contributed by atoms with Crippen molar-refractivity contribution in [3.63, 3.8) is 0 Å². The molecule has 8 nitrogen and oxygen atoms in total. The molecule has 2 aliphatic carbocycles. The maximum Gasteiger partial charge on any atom is 0.199 e. The van der Waals surface area contributed by atoms with Crippen molar-refractivity contribution < 1.29 is 0 Å². The molecule has 12 aromatic rings. The summed E-state index contributed by atoms with van der Waals surface area (Å²) in [6.45, 7) is 0. The minimum Gasteiger partial charge on any atom is -0.310 e. The summed E-state index contributed by atoms with van der Waals surface area (Å²) in [5, 5.41) is 10.9. The number of fused-ring (bicyclic) bond motifs is 14. The lowest BCUT2D eigenvalue weighted by atomic mass is 10.1. The molecule has 0 spiro atoms. The lowest BCUT2D eigenvalue weighted by Crippen LogP contribution is -2.30. The summed E-state index contributed by atoms with van der Waals surface area (Å²) in [6, 6.07) is 45.8. The van der Waals surface area contributed by atoms with E-state index < -0.39 is 0 Å². The summed E-state index contributed by atoms with van der Waals surface area (Å²) in [5.74, 6) is 1.40. The van der Waals surface area contributed by atoms with E-state index in [1.54, 1.807) is 0 Å². The van der Waals surface area contributed by atoms with Gasteiger partial charge in [-0.05, 0) is 80.3 Å². The van der Waals surface area contributed by atoms with Crippen LogP contribution in [0.3, 0.4) is 0 Å². The van der Waals surface area contributed by atoms with Gasteiger partial charge in [0, 0.05) is 59.7 Å². The van der Waals surface area contributed by atoms with Gasteiger partial charge >= 0.3 is 0 Å². The van der Waals surface area contributed by atoms with Crippen LogP contribution in [-0.4, -0.2) is 38.2 Å². The Morgan fingerprint density at radius 3 is 1.76 bits per heavy atom. The molecule has 0 unspecified atom stereocenters. The highest BCUT2D eigenvalue weighted by Gasteiger charge is 2.23. The van der Waals surface area contributed by atoms with E-state index in [1.807, 2.05) is 12.4 Å². The van der Waals surface area contributed by atoms with Crippen LogP contribution in [-0.2, 0) is 0 Å². The second kappa shape index (κ2) is 12.7. The minimum absolute atomic E-state index is 0.493. The average Bonchev–Trinajstić information content (AvgIpc) is 4.06. The van der Waals surface area contributed by atoms with E-state index in [4.69, 9.17) is 19.9 Å². The molecule has 6 heterocycles. The molecule has 2 aliphatic rings. The fraction of sp³-hybridized carbons (Fsp3) is 0.0741. The Morgan fingerprint density at radius 2 is 1.02 bits per heavy atom. The predicted octanol–water partition coefficient (Wildman–Crippen LogP) is 11.2. The molecular weight excluding hydrogens is 761 g/mol. The molecule has 6 aromatic carbocycles. The Hall–Kier alpha value is -8.10. The van der Waals surface area contributed by atoms with E-state index in [9.17, 15) is 0 Å². The average molecular weight is 797 g/mol. The monoisotopic (exact) mass is 796 g/mol. The quantitative estimate of drug-likeness (QED) is 0.178. The van der Waals surface area contributed by atoms with Gasteiger partial charge in [-0.3, -0.25) is 9.13 Å². The highest BCUT2D eigenvalue weighted by molar-refractivity contribution is 6.26. The smallest absolute Gasteiger partial charge is 0.199 e. The maximum absolute atomic E-state index is 5.20. The minimum atomic E-state index is 0.493. The number of benzene rings is 6. The van der Waals surface area contributed by atoms with Gasteiger partial charge in [0.05, 0.1) is 51.0 Å². The van der Waals surface area contributed by atoms with E-state index in [-0.39, 0.29) is 0 Å². The zero-order chi connectivity index (χ0) is 40.5. The Kier molecular flexibility index (Phi) is 6.91. The Balaban J connectivity index is 0.969. The third-order valence-corrected chi connectivity index (χ3v) is 13.1. The number of rotatable bonds is 4. The van der Waals surface area contributed by atoms with Crippen LogP contribution in [0.2, 0.25) is 0 Å². The summed E-state index contributed by atoms with van der Waals surface area (Å²) < 4.78 is 9.33. The van der Waals surface area contributed by atoms with Crippen molar-refractivity contribution >= 4 is 105 Å². The Morgan fingerprint density at radius 1 is 0.419 bits per heavy atom. The van der Waals surface area contributed by atoms with Crippen molar-refractivity contribution in [2.24, 2.45) is 0 Å². The lowest BCUT2D eigenvalue weighted by molar-refractivity contribution is 1.02. The SMILES string of the molecule is C1=CC(n2c3ccccc3c3ccc4c(c5ccccc5n4-c4cnc5nc(-n6c7ccccc7c7cc8c(cc76)c6c(n8-c7ccccc7)=CCCC=6)cnc5n4)c32)=CCC1. The van der Waals surface area contributed by atoms with Crippen LogP contribution in [0.1, 0.15) is 25.7 Å². The fourth-order valence-electron chi connectivity index (χ4n) is 10.5. The van der Waals surface area contributed by atoms with Crippen LogP contribution < -0.4 is 10.6 Å². The van der Waals surface area contributed by atoms with Crippen LogP contribution >= 0.6 is 0 Å². The number of para-hydroxylation sites is 4. The number of nitrogens with zero attached hydrogens (tertiary/aromatic N) is 8. The number of hydrogen-bond donors (Lipinski definition) is 0. The standard InChI is InChI=1S/C54H36N8/c1-3-15-33(16-4-1)59-42-23-11-8-20-36(42)40-30-48-41(29-47(40)59)37-21-9-13-25-44(37)62(48)50-32-56-53-54(58-50)55-31-49(57-53)61-45-26-14-10-22-39(45)51-46(61)28-27-38-35-19-7-12-24-43(35)60(52(38)51)34-17-5-2-6-18-34/h1,3-5,7,9-10,12-32H,2,6,8,11H2. The number of allylic oxidation sites excluding steroid dienone is 4. The third-order valence-electron chi connectivity index (χ3n) is 13.1. The van der Waals surface area contributed by atoms with Gasteiger partial charge in [-0.25, -0.2) is 19.9 Å². The van der Waals surface area contributed by atoms with Crippen LogP contribution in [0.15, 0.2) is 158 Å². The van der Waals surface area contributed by atoms with Crippen molar-refractivity contribution in [1.82, 2.24) is 38.2 Å². The van der Waals surface area contributed by atoms with E-state index in [1.165, 1.54) is 65.4 Å². The first kappa shape index (κ1) is 33.7. The molecular formula is C54H36N8. The van der Waals surface area contributed by atoms with Crippen molar-refractivity contribution in [3.8, 4) is 17.3 Å². The largest absolute Gasteiger partial charge is 0.310 e. The van der Waals surface area contributed by atoms with Crippen LogP contribution in [0.4, 0.5) is 0 Å². The van der Waals surface area contributed by atoms with E-state index >= 15 is 0 Å². The predicted molar refractivity (Wildman–Crippen MR) is 254 cm³/mol. The van der Waals surface area contributed by atoms with Crippen molar-refractivity contribution in [1.29, 1.82) is 0 Å². The van der Waals surface area contributed by atoms with Gasteiger partial charge in [-0.2, -0.15) is 0 Å². The maximum atomic E-state index is 5.20. The molecule has 0 bridgehead atoms. The van der Waals surface area contributed by atoms with Gasteiger partial charge < -0.3 is 9.13 Å². The van der Waals surface area contributed by atoms with Crippen molar-refractivity contribution in [2.45, 2.75) is 25.7 Å². The lowest BCUT2D eigenvalue weighted by Gasteiger charge is -2.13. The van der Waals surface area contributed by atoms with Gasteiger partial charge in [0.2, 0.25) is 0 Å². The Labute approximate surface area is 353 Å². The molecule has 0 saturated carbocycles. The first-order chi connectivity index (χ1) is 30.8. The first-order valence-corrected chi connectivity index (χ1v) is 21.4. The summed E-state index contributed by atoms with van der Waals surface area (Å²) in [7, 11) is 0. The molecule has 0 atom stereocenters. The molecule has 0 N–H and O–H groups in total. The van der Waals surface area contributed by atoms with Crippen molar-refractivity contribution in [3.05, 3.63) is 169 Å². The molecule has 0 aliphatic heterocycles. The summed E-state index contributed by atoms with van der Waals surface area (Å²) in [4.78, 5) is 20.4. The van der Waals surface area contributed by atoms with Gasteiger partial charge in [0.25, 0.3) is 0 Å². The highest BCUT2D eigenvalue weighted by atomic mass is 15.2. The molecule has 14 rings (SSSR count). The molecule has 0 radical (unpaired) electrons. The van der Waals surface area contributed by atoms with E-state index in [2.05, 4.69) is 176 Å². The van der Waals surface area contributed by atoms with E-state index in [0.29, 0.717) is 22.9 Å². The molecule has 0 fully saturated rings. The zero-order valence-electron chi connectivity index (χ0n) is 33.6. The molecule has 0 saturated heterocycles. The van der Waals surface area contributed by atoms with Gasteiger partial charge in [-0.15, -0.1) is 0 Å². The second-order valence-electron chi connectivity index (χ2n) is 16.5. The van der Waals surface area contributed by atoms with Gasteiger partial charge in [0.15, 0.2) is 22.9 Å². The van der Waals surface area contributed by atoms with Gasteiger partial charge in [-0.1, -0.05) is 103 Å². The highest BCUT2D eigenvalue weighted by Crippen LogP contribution is 2.42. The zero-order valence-corrected chi connectivity index (χ0v) is 33.6. The van der Waals surface area contributed by atoms with Crippen LogP contribution in [0, 0.1) is 0 Å². The van der Waals surface area contributed by atoms with Crippen LogP contribution in [0.5, 0.6) is 0 Å². The molecule has 6 aromatic heterocycles. The molecule has 292 valence electrons. The normalized spacial score (nSPS) is 14.2. The van der Waals surface area contributed by atoms with Crippen molar-refractivity contribution in [2.75, 3.05) is 0 Å². The Bertz CT molecular complexity index is 4100. The molecule has 0 amide bonds. The van der Waals surface area contributed by atoms with Gasteiger partial charge in [0.1, 0.15) is 0 Å². The summed E-state index contributed by atoms with van der Waals surface area (Å²) in [5.41, 5.74) is 11.2. The fourth-order valence-corrected chi connectivity index (χ4v) is 10.5. The van der Waals surface area contributed by atoms with E-state index in [0.717, 1.165) is 58.5 Å². The number of hydrogen-bond acceptors (Lipinski definition) is 4. The topological polar surface area (TPSA) is 71.3 Å². The summed E-state index contributed by atoms with van der Waals surface area (Å²) >= 11 is 0. The third kappa shape index (κ3) is 4.60. The first-order valence-electron chi connectivity index (χ1n) is 21.4. The number of aromatic nitrogens is 8. The summed E-state index contributed by atoms with van der Waals surface area (Å²) in [6.07, 6.45) is 19.5.